The van der Waals surface area contributed by atoms with Crippen molar-refractivity contribution in [2.24, 2.45) is 5.41 Å². The maximum absolute atomic E-state index is 14.0. The van der Waals surface area contributed by atoms with E-state index in [2.05, 4.69) is 15.6 Å². The lowest BCUT2D eigenvalue weighted by molar-refractivity contribution is -0.144. The standard InChI is InChI=1S/C27H36FN5O4/c1-27(2,3)24(33-15-20(30-31-33)16-6-7-16)26(36)32-14-19(34)13-21(32)25(35)29-23(22-5-4-12-37-22)17-8-10-18(28)11-9-17/h8-11,15-16,19,21-24,34H,4-7,12-14H2,1-3H3,(H,29,35)/t19?,21?,22?,23?,24-/m0/s1. The number of nitrogens with one attached hydrogen (secondary N) is 1. The third kappa shape index (κ3) is 5.55. The molecule has 3 aliphatic rings. The number of hydrogen-bond donors (Lipinski definition) is 2. The first kappa shape index (κ1) is 25.8. The van der Waals surface area contributed by atoms with E-state index in [-0.39, 0.29) is 36.7 Å². The molecule has 2 N–H and O–H groups in total. The molecule has 9 nitrogen and oxygen atoms in total. The van der Waals surface area contributed by atoms with Gasteiger partial charge in [-0.2, -0.15) is 0 Å². The molecule has 2 aliphatic heterocycles. The average Bonchev–Trinajstić information content (AvgIpc) is 3.22. The summed E-state index contributed by atoms with van der Waals surface area (Å²) in [6.45, 7) is 6.53. The van der Waals surface area contributed by atoms with Crippen LogP contribution < -0.4 is 5.32 Å². The first-order valence-corrected chi connectivity index (χ1v) is 13.2. The maximum Gasteiger partial charge on any atom is 0.248 e. The van der Waals surface area contributed by atoms with E-state index >= 15 is 0 Å². The number of carbonyl (C=O) groups is 2. The van der Waals surface area contributed by atoms with Crippen LogP contribution in [-0.2, 0) is 14.3 Å². The minimum atomic E-state index is -0.844. The Morgan fingerprint density at radius 3 is 2.54 bits per heavy atom. The van der Waals surface area contributed by atoms with Crippen LogP contribution >= 0.6 is 0 Å². The van der Waals surface area contributed by atoms with Gasteiger partial charge in [0, 0.05) is 31.7 Å². The summed E-state index contributed by atoms with van der Waals surface area (Å²) in [4.78, 5) is 29.1. The summed E-state index contributed by atoms with van der Waals surface area (Å²) in [6, 6.07) is 4.00. The number of aliphatic hydroxyl groups excluding tert-OH is 1. The molecular formula is C27H36FN5O4. The van der Waals surface area contributed by atoms with E-state index in [0.717, 1.165) is 36.9 Å². The number of amides is 2. The lowest BCUT2D eigenvalue weighted by atomic mass is 9.85. The van der Waals surface area contributed by atoms with Gasteiger partial charge in [-0.25, -0.2) is 9.07 Å². The van der Waals surface area contributed by atoms with E-state index < -0.39 is 29.6 Å². The number of halogens is 1. The maximum atomic E-state index is 14.0. The largest absolute Gasteiger partial charge is 0.391 e. The summed E-state index contributed by atoms with van der Waals surface area (Å²) >= 11 is 0. The van der Waals surface area contributed by atoms with E-state index in [4.69, 9.17) is 4.74 Å². The van der Waals surface area contributed by atoms with Crippen LogP contribution in [0.15, 0.2) is 30.5 Å². The highest BCUT2D eigenvalue weighted by Crippen LogP contribution is 2.40. The average molecular weight is 514 g/mol. The van der Waals surface area contributed by atoms with Crippen molar-refractivity contribution in [3.63, 3.8) is 0 Å². The molecule has 5 rings (SSSR count). The van der Waals surface area contributed by atoms with Crippen LogP contribution in [0, 0.1) is 11.2 Å². The van der Waals surface area contributed by atoms with Crippen molar-refractivity contribution in [1.29, 1.82) is 0 Å². The Hall–Kier alpha value is -2.85. The number of aliphatic hydroxyl groups is 1. The number of aromatic nitrogens is 3. The van der Waals surface area contributed by atoms with Crippen LogP contribution in [0.25, 0.3) is 0 Å². The number of benzene rings is 1. The zero-order chi connectivity index (χ0) is 26.3. The van der Waals surface area contributed by atoms with Crippen molar-refractivity contribution in [2.45, 2.75) is 89.1 Å². The van der Waals surface area contributed by atoms with Crippen LogP contribution in [0.4, 0.5) is 4.39 Å². The fraction of sp³-hybridized carbons (Fsp3) is 0.630. The lowest BCUT2D eigenvalue weighted by Gasteiger charge is -2.35. The van der Waals surface area contributed by atoms with Crippen LogP contribution in [0.2, 0.25) is 0 Å². The van der Waals surface area contributed by atoms with E-state index in [1.54, 1.807) is 16.8 Å². The fourth-order valence-corrected chi connectivity index (χ4v) is 5.50. The monoisotopic (exact) mass is 513 g/mol. The SMILES string of the molecule is CC(C)(C)[C@H](C(=O)N1CC(O)CC1C(=O)NC(c1ccc(F)cc1)C1CCCO1)n1cc(C2CC2)nn1. The minimum absolute atomic E-state index is 0.0643. The number of ether oxygens (including phenoxy) is 1. The third-order valence-corrected chi connectivity index (χ3v) is 7.57. The topological polar surface area (TPSA) is 110 Å². The van der Waals surface area contributed by atoms with Crippen LogP contribution in [-0.4, -0.2) is 68.2 Å². The van der Waals surface area contributed by atoms with Gasteiger partial charge in [-0.1, -0.05) is 38.1 Å². The molecule has 10 heteroatoms. The summed E-state index contributed by atoms with van der Waals surface area (Å²) in [5.41, 5.74) is 1.12. The number of hydrogen-bond acceptors (Lipinski definition) is 6. The first-order chi connectivity index (χ1) is 17.6. The van der Waals surface area contributed by atoms with Crippen LogP contribution in [0.1, 0.15) is 82.1 Å². The van der Waals surface area contributed by atoms with E-state index in [1.165, 1.54) is 17.0 Å². The first-order valence-electron chi connectivity index (χ1n) is 13.2. The molecule has 2 aromatic rings. The molecule has 1 aromatic heterocycles. The predicted octanol–water partition coefficient (Wildman–Crippen LogP) is 2.88. The predicted molar refractivity (Wildman–Crippen MR) is 133 cm³/mol. The molecule has 2 amide bonds. The number of carbonyl (C=O) groups excluding carboxylic acids is 2. The van der Waals surface area contributed by atoms with Crippen molar-refractivity contribution in [1.82, 2.24) is 25.2 Å². The Kier molecular flexibility index (Phi) is 7.06. The van der Waals surface area contributed by atoms with Gasteiger partial charge in [0.05, 0.1) is 23.9 Å². The fourth-order valence-electron chi connectivity index (χ4n) is 5.50. The molecular weight excluding hydrogens is 477 g/mol. The quantitative estimate of drug-likeness (QED) is 0.589. The number of rotatable bonds is 7. The molecule has 1 aliphatic carbocycles. The zero-order valence-corrected chi connectivity index (χ0v) is 21.6. The van der Waals surface area contributed by atoms with Crippen LogP contribution in [0.5, 0.6) is 0 Å². The normalized spacial score (nSPS) is 25.8. The Bertz CT molecular complexity index is 1120. The van der Waals surface area contributed by atoms with Crippen molar-refractivity contribution in [3.05, 3.63) is 47.5 Å². The van der Waals surface area contributed by atoms with Crippen molar-refractivity contribution in [3.8, 4) is 0 Å². The van der Waals surface area contributed by atoms with Crippen molar-refractivity contribution < 1.29 is 23.8 Å². The summed E-state index contributed by atoms with van der Waals surface area (Å²) in [5, 5.41) is 22.2. The van der Waals surface area contributed by atoms with Gasteiger partial charge in [-0.3, -0.25) is 9.59 Å². The van der Waals surface area contributed by atoms with Gasteiger partial charge in [0.25, 0.3) is 0 Å². The summed E-state index contributed by atoms with van der Waals surface area (Å²) in [6.07, 6.45) is 4.71. The van der Waals surface area contributed by atoms with Gasteiger partial charge in [0.1, 0.15) is 17.9 Å². The summed E-state index contributed by atoms with van der Waals surface area (Å²) in [7, 11) is 0. The molecule has 5 atom stereocenters. The van der Waals surface area contributed by atoms with Gasteiger partial charge in [0.15, 0.2) is 0 Å². The Morgan fingerprint density at radius 2 is 1.92 bits per heavy atom. The molecule has 3 heterocycles. The second-order valence-corrected chi connectivity index (χ2v) is 11.7. The third-order valence-electron chi connectivity index (χ3n) is 7.57. The summed E-state index contributed by atoms with van der Waals surface area (Å²) in [5.74, 6) is -0.590. The molecule has 2 saturated heterocycles. The van der Waals surface area contributed by atoms with Crippen molar-refractivity contribution in [2.75, 3.05) is 13.2 Å². The molecule has 37 heavy (non-hydrogen) atoms. The molecule has 0 bridgehead atoms. The van der Waals surface area contributed by atoms with E-state index in [1.807, 2.05) is 27.0 Å². The van der Waals surface area contributed by atoms with Gasteiger partial charge in [0.2, 0.25) is 11.8 Å². The number of β-amino-alcohol motifs (C(OH)–C–C–N with tert-alkyl or cyclic N) is 1. The summed E-state index contributed by atoms with van der Waals surface area (Å²) < 4.78 is 21.1. The second-order valence-electron chi connectivity index (χ2n) is 11.7. The number of likely N-dealkylation sites (tertiary alicyclic amines) is 1. The highest BCUT2D eigenvalue weighted by Gasteiger charge is 2.46. The molecule has 200 valence electrons. The lowest BCUT2D eigenvalue weighted by Crippen LogP contribution is -2.51. The molecule has 0 radical (unpaired) electrons. The molecule has 4 unspecified atom stereocenters. The van der Waals surface area contributed by atoms with Crippen molar-refractivity contribution >= 4 is 11.8 Å². The Balaban J connectivity index is 1.38. The second kappa shape index (κ2) is 10.1. The Labute approximate surface area is 216 Å². The number of nitrogens with zero attached hydrogens (tertiary/aromatic N) is 4. The highest BCUT2D eigenvalue weighted by molar-refractivity contribution is 5.90. The van der Waals surface area contributed by atoms with E-state index in [9.17, 15) is 19.1 Å². The zero-order valence-electron chi connectivity index (χ0n) is 21.6. The van der Waals surface area contributed by atoms with Gasteiger partial charge >= 0.3 is 0 Å². The molecule has 0 spiro atoms. The van der Waals surface area contributed by atoms with Gasteiger partial charge in [-0.15, -0.1) is 5.10 Å². The van der Waals surface area contributed by atoms with Gasteiger partial charge < -0.3 is 20.1 Å². The van der Waals surface area contributed by atoms with Gasteiger partial charge in [-0.05, 0) is 48.8 Å². The van der Waals surface area contributed by atoms with Crippen LogP contribution in [0.3, 0.4) is 0 Å². The smallest absolute Gasteiger partial charge is 0.248 e. The molecule has 3 fully saturated rings. The molecule has 1 aromatic carbocycles. The molecule has 1 saturated carbocycles. The van der Waals surface area contributed by atoms with E-state index in [0.29, 0.717) is 12.5 Å². The Morgan fingerprint density at radius 1 is 1.19 bits per heavy atom. The highest BCUT2D eigenvalue weighted by atomic mass is 19.1. The minimum Gasteiger partial charge on any atom is -0.391 e.